The Kier molecular flexibility index (Phi) is 5.50. The van der Waals surface area contributed by atoms with Crippen LogP contribution in [-0.2, 0) is 14.3 Å². The lowest BCUT2D eigenvalue weighted by molar-refractivity contribution is -0.151. The van der Waals surface area contributed by atoms with Crippen molar-refractivity contribution in [1.82, 2.24) is 9.88 Å². The number of hydrogen-bond acceptors (Lipinski definition) is 3. The largest absolute Gasteiger partial charge is 0.466 e. The Morgan fingerprint density at radius 2 is 1.90 bits per heavy atom. The molecule has 4 rings (SSSR count). The Labute approximate surface area is 175 Å². The van der Waals surface area contributed by atoms with Gasteiger partial charge in [-0.25, -0.2) is 0 Å². The summed E-state index contributed by atoms with van der Waals surface area (Å²) in [6.07, 6.45) is 1.33. The summed E-state index contributed by atoms with van der Waals surface area (Å²) in [4.78, 5) is 30.2. The molecular formula is C23H25ClN2O3. The lowest BCUT2D eigenvalue weighted by Crippen LogP contribution is -2.42. The third-order valence-corrected chi connectivity index (χ3v) is 6.12. The van der Waals surface area contributed by atoms with Crippen LogP contribution in [0.4, 0.5) is 0 Å². The van der Waals surface area contributed by atoms with Crippen molar-refractivity contribution in [3.05, 3.63) is 47.0 Å². The van der Waals surface area contributed by atoms with Crippen LogP contribution < -0.4 is 0 Å². The summed E-state index contributed by atoms with van der Waals surface area (Å²) in [6.45, 7) is 5.36. The average molecular weight is 413 g/mol. The van der Waals surface area contributed by atoms with Crippen LogP contribution in [0.15, 0.2) is 36.4 Å². The monoisotopic (exact) mass is 412 g/mol. The third kappa shape index (κ3) is 3.84. The summed E-state index contributed by atoms with van der Waals surface area (Å²) in [7, 11) is 0. The number of ether oxygens (including phenoxy) is 1. The van der Waals surface area contributed by atoms with Gasteiger partial charge in [-0.3, -0.25) is 9.59 Å². The van der Waals surface area contributed by atoms with Gasteiger partial charge in [0.2, 0.25) is 5.91 Å². The summed E-state index contributed by atoms with van der Waals surface area (Å²) in [5.41, 5.74) is 3.01. The molecule has 29 heavy (non-hydrogen) atoms. The van der Waals surface area contributed by atoms with E-state index in [2.05, 4.69) is 17.1 Å². The number of piperidine rings is 1. The van der Waals surface area contributed by atoms with Crippen molar-refractivity contribution in [1.29, 1.82) is 0 Å². The number of hydrogen-bond donors (Lipinski definition) is 1. The second-order valence-corrected chi connectivity index (χ2v) is 8.13. The number of rotatable bonds is 4. The Morgan fingerprint density at radius 3 is 2.62 bits per heavy atom. The van der Waals surface area contributed by atoms with Gasteiger partial charge in [-0.05, 0) is 56.5 Å². The molecule has 5 nitrogen and oxygen atoms in total. The summed E-state index contributed by atoms with van der Waals surface area (Å²) < 4.78 is 5.11. The number of fused-ring (bicyclic) bond motifs is 3. The number of nitrogens with zero attached hydrogens (tertiary/aromatic N) is 1. The minimum absolute atomic E-state index is 0.0937. The molecule has 0 aliphatic carbocycles. The molecule has 0 radical (unpaired) electrons. The Balaban J connectivity index is 1.49. The molecule has 1 unspecified atom stereocenters. The molecule has 3 aromatic rings. The summed E-state index contributed by atoms with van der Waals surface area (Å²) in [5, 5.41) is 2.89. The quantitative estimate of drug-likeness (QED) is 0.621. The number of carbonyl (C=O) groups is 2. The number of H-pyrrole nitrogens is 1. The first-order valence-electron chi connectivity index (χ1n) is 10.1. The van der Waals surface area contributed by atoms with Crippen LogP contribution in [0.5, 0.6) is 0 Å². The normalized spacial score (nSPS) is 16.3. The van der Waals surface area contributed by atoms with Gasteiger partial charge in [-0.15, -0.1) is 0 Å². The van der Waals surface area contributed by atoms with Crippen LogP contribution >= 0.6 is 11.6 Å². The second-order valence-electron chi connectivity index (χ2n) is 7.69. The minimum atomic E-state index is -0.242. The Morgan fingerprint density at radius 1 is 1.14 bits per heavy atom. The minimum Gasteiger partial charge on any atom is -0.466 e. The number of aromatic nitrogens is 1. The zero-order valence-corrected chi connectivity index (χ0v) is 17.5. The topological polar surface area (TPSA) is 62.4 Å². The number of halogens is 1. The third-order valence-electron chi connectivity index (χ3n) is 5.88. The van der Waals surface area contributed by atoms with E-state index in [1.54, 1.807) is 0 Å². The first kappa shape index (κ1) is 19.8. The van der Waals surface area contributed by atoms with E-state index in [1.807, 2.05) is 43.0 Å². The number of nitrogens with one attached hydrogen (secondary N) is 1. The van der Waals surface area contributed by atoms with E-state index in [0.29, 0.717) is 37.6 Å². The number of carbonyl (C=O) groups excluding carboxylic acids is 2. The summed E-state index contributed by atoms with van der Waals surface area (Å²) >= 11 is 6.14. The van der Waals surface area contributed by atoms with E-state index in [9.17, 15) is 9.59 Å². The fourth-order valence-electron chi connectivity index (χ4n) is 4.18. The summed E-state index contributed by atoms with van der Waals surface area (Å²) in [6, 6.07) is 11.9. The van der Waals surface area contributed by atoms with Gasteiger partial charge in [0, 0.05) is 39.9 Å². The van der Waals surface area contributed by atoms with Crippen molar-refractivity contribution in [3.8, 4) is 0 Å². The molecule has 1 atom stereocenters. The smallest absolute Gasteiger partial charge is 0.309 e. The molecule has 1 aliphatic heterocycles. The summed E-state index contributed by atoms with van der Waals surface area (Å²) in [5.74, 6) is -0.375. The molecule has 6 heteroatoms. The lowest BCUT2D eigenvalue weighted by Gasteiger charge is -2.32. The standard InChI is InChI=1S/C23H25ClN2O3/c1-3-29-23(28)15-8-10-26(11-9-15)22(27)14(2)16-4-6-18-19-13-17(24)5-7-20(19)25-21(18)12-16/h4-7,12-15,25H,3,8-11H2,1-2H3. The fraction of sp³-hybridized carbons (Fsp3) is 0.391. The molecule has 2 aromatic carbocycles. The molecule has 1 fully saturated rings. The van der Waals surface area contributed by atoms with Crippen molar-refractivity contribution in [2.75, 3.05) is 19.7 Å². The highest BCUT2D eigenvalue weighted by Gasteiger charge is 2.30. The van der Waals surface area contributed by atoms with Crippen LogP contribution in [-0.4, -0.2) is 41.5 Å². The highest BCUT2D eigenvalue weighted by molar-refractivity contribution is 6.31. The van der Waals surface area contributed by atoms with Gasteiger partial charge in [0.15, 0.2) is 0 Å². The van der Waals surface area contributed by atoms with Crippen molar-refractivity contribution in [2.24, 2.45) is 5.92 Å². The number of aromatic amines is 1. The average Bonchev–Trinajstić information content (AvgIpc) is 3.10. The lowest BCUT2D eigenvalue weighted by atomic mass is 9.93. The van der Waals surface area contributed by atoms with E-state index in [4.69, 9.17) is 16.3 Å². The maximum Gasteiger partial charge on any atom is 0.309 e. The molecule has 1 aliphatic rings. The molecule has 0 spiro atoms. The Bertz CT molecular complexity index is 1070. The SMILES string of the molecule is CCOC(=O)C1CCN(C(=O)C(C)c2ccc3c(c2)[nH]c2ccc(Cl)cc23)CC1. The van der Waals surface area contributed by atoms with Crippen molar-refractivity contribution >= 4 is 45.3 Å². The maximum absolute atomic E-state index is 13.0. The van der Waals surface area contributed by atoms with Crippen LogP contribution in [0.25, 0.3) is 21.8 Å². The van der Waals surface area contributed by atoms with Crippen molar-refractivity contribution in [3.63, 3.8) is 0 Å². The van der Waals surface area contributed by atoms with Gasteiger partial charge in [0.1, 0.15) is 0 Å². The van der Waals surface area contributed by atoms with Gasteiger partial charge < -0.3 is 14.6 Å². The number of benzene rings is 2. The molecule has 1 saturated heterocycles. The molecular weight excluding hydrogens is 388 g/mol. The molecule has 152 valence electrons. The first-order valence-corrected chi connectivity index (χ1v) is 10.5. The first-order chi connectivity index (χ1) is 14.0. The highest BCUT2D eigenvalue weighted by atomic mass is 35.5. The number of esters is 1. The fourth-order valence-corrected chi connectivity index (χ4v) is 4.35. The zero-order chi connectivity index (χ0) is 20.5. The van der Waals surface area contributed by atoms with Gasteiger partial charge in [0.05, 0.1) is 18.4 Å². The molecule has 1 amide bonds. The molecule has 2 heterocycles. The van der Waals surface area contributed by atoms with Gasteiger partial charge in [-0.2, -0.15) is 0 Å². The predicted octanol–water partition coefficient (Wildman–Crippen LogP) is 4.88. The number of amides is 1. The zero-order valence-electron chi connectivity index (χ0n) is 16.7. The van der Waals surface area contributed by atoms with E-state index in [-0.39, 0.29) is 23.7 Å². The van der Waals surface area contributed by atoms with Gasteiger partial charge >= 0.3 is 5.97 Å². The van der Waals surface area contributed by atoms with E-state index in [0.717, 1.165) is 27.4 Å². The van der Waals surface area contributed by atoms with Crippen LogP contribution in [0.3, 0.4) is 0 Å². The van der Waals surface area contributed by atoms with Crippen molar-refractivity contribution in [2.45, 2.75) is 32.6 Å². The Hall–Kier alpha value is -2.53. The van der Waals surface area contributed by atoms with Crippen LogP contribution in [0.1, 0.15) is 38.2 Å². The number of likely N-dealkylation sites (tertiary alicyclic amines) is 1. The predicted molar refractivity (Wildman–Crippen MR) is 115 cm³/mol. The van der Waals surface area contributed by atoms with Crippen LogP contribution in [0.2, 0.25) is 5.02 Å². The molecule has 0 saturated carbocycles. The van der Waals surface area contributed by atoms with Crippen molar-refractivity contribution < 1.29 is 14.3 Å². The second kappa shape index (κ2) is 8.07. The molecule has 1 aromatic heterocycles. The van der Waals surface area contributed by atoms with Crippen LogP contribution in [0, 0.1) is 5.92 Å². The highest BCUT2D eigenvalue weighted by Crippen LogP contribution is 2.31. The van der Waals surface area contributed by atoms with E-state index >= 15 is 0 Å². The molecule has 1 N–H and O–H groups in total. The molecule has 0 bridgehead atoms. The maximum atomic E-state index is 13.0. The van der Waals surface area contributed by atoms with Gasteiger partial charge in [-0.1, -0.05) is 23.7 Å². The van der Waals surface area contributed by atoms with E-state index < -0.39 is 0 Å². The van der Waals surface area contributed by atoms with Gasteiger partial charge in [0.25, 0.3) is 0 Å². The van der Waals surface area contributed by atoms with E-state index in [1.165, 1.54) is 0 Å².